The zero-order chi connectivity index (χ0) is 14.9. The van der Waals surface area contributed by atoms with Crippen LogP contribution in [0.25, 0.3) is 0 Å². The van der Waals surface area contributed by atoms with Crippen molar-refractivity contribution in [1.82, 2.24) is 0 Å². The Morgan fingerprint density at radius 2 is 0.905 bits per heavy atom. The maximum Gasteiger partial charge on any atom is 0.169 e. The number of rotatable bonds is 8. The molecule has 0 aliphatic heterocycles. The monoisotopic (exact) mass is 284 g/mol. The third kappa shape index (κ3) is 6.07. The van der Waals surface area contributed by atoms with Crippen molar-refractivity contribution in [3.63, 3.8) is 0 Å². The molecule has 112 valence electrons. The van der Waals surface area contributed by atoms with E-state index in [1.165, 1.54) is 43.2 Å². The second-order valence-corrected chi connectivity index (χ2v) is 5.99. The summed E-state index contributed by atoms with van der Waals surface area (Å²) in [6.07, 6.45) is 15.3. The van der Waals surface area contributed by atoms with Gasteiger partial charge in [-0.05, 0) is 37.8 Å². The normalized spacial score (nSPS) is 10.8. The molecule has 2 heterocycles. The summed E-state index contributed by atoms with van der Waals surface area (Å²) in [5.41, 5.74) is 2.67. The van der Waals surface area contributed by atoms with Gasteiger partial charge in [-0.3, -0.25) is 0 Å². The molecule has 2 aromatic rings. The van der Waals surface area contributed by atoms with Crippen molar-refractivity contribution in [2.24, 2.45) is 0 Å². The summed E-state index contributed by atoms with van der Waals surface area (Å²) in [4.78, 5) is 0. The fourth-order valence-electron chi connectivity index (χ4n) is 2.48. The largest absolute Gasteiger partial charge is 0.205 e. The van der Waals surface area contributed by atoms with Crippen molar-refractivity contribution in [2.75, 3.05) is 0 Å². The highest BCUT2D eigenvalue weighted by Crippen LogP contribution is 2.03. The second kappa shape index (κ2) is 8.56. The Balaban J connectivity index is 1.52. The molecule has 0 unspecified atom stereocenters. The first-order valence-electron chi connectivity index (χ1n) is 8.15. The minimum atomic E-state index is 1.15. The Hall–Kier alpha value is -1.70. The van der Waals surface area contributed by atoms with Crippen molar-refractivity contribution in [1.29, 1.82) is 0 Å². The summed E-state index contributed by atoms with van der Waals surface area (Å²) in [5, 5.41) is 0. The smallest absolute Gasteiger partial charge is 0.169 e. The minimum Gasteiger partial charge on any atom is -0.205 e. The number of hydrogen-bond donors (Lipinski definition) is 0. The van der Waals surface area contributed by atoms with Crippen molar-refractivity contribution in [3.05, 3.63) is 60.2 Å². The molecule has 0 aliphatic carbocycles. The van der Waals surface area contributed by atoms with Crippen LogP contribution in [-0.4, -0.2) is 0 Å². The highest BCUT2D eigenvalue weighted by Gasteiger charge is 2.01. The van der Waals surface area contributed by atoms with Crippen LogP contribution < -0.4 is 9.13 Å². The van der Waals surface area contributed by atoms with Crippen molar-refractivity contribution in [2.45, 2.75) is 59.0 Å². The number of aromatic nitrogens is 2. The molecule has 0 radical (unpaired) electrons. The molecule has 2 aromatic heterocycles. The van der Waals surface area contributed by atoms with Gasteiger partial charge < -0.3 is 0 Å². The van der Waals surface area contributed by atoms with E-state index in [1.807, 2.05) is 0 Å². The Kier molecular flexibility index (Phi) is 6.39. The van der Waals surface area contributed by atoms with Gasteiger partial charge in [0.2, 0.25) is 0 Å². The Bertz CT molecular complexity index is 465. The van der Waals surface area contributed by atoms with Gasteiger partial charge in [-0.1, -0.05) is 6.42 Å². The molecule has 0 atom stereocenters. The number of nitrogens with zero attached hydrogens (tertiary/aromatic N) is 2. The lowest BCUT2D eigenvalue weighted by atomic mass is 10.1. The quantitative estimate of drug-likeness (QED) is 0.517. The van der Waals surface area contributed by atoms with E-state index in [0.29, 0.717) is 0 Å². The summed E-state index contributed by atoms with van der Waals surface area (Å²) < 4.78 is 4.57. The lowest BCUT2D eigenvalue weighted by molar-refractivity contribution is -0.697. The van der Waals surface area contributed by atoms with Crippen LogP contribution in [0.3, 0.4) is 0 Å². The number of hydrogen-bond acceptors (Lipinski definition) is 0. The molecule has 2 heteroatoms. The van der Waals surface area contributed by atoms with Crippen LogP contribution in [-0.2, 0) is 13.1 Å². The van der Waals surface area contributed by atoms with E-state index >= 15 is 0 Å². The molecule has 0 aromatic carbocycles. The lowest BCUT2D eigenvalue weighted by Gasteiger charge is -2.00. The third-order valence-electron chi connectivity index (χ3n) is 3.95. The van der Waals surface area contributed by atoms with E-state index in [9.17, 15) is 0 Å². The average molecular weight is 284 g/mol. The summed E-state index contributed by atoms with van der Waals surface area (Å²) in [6.45, 7) is 6.56. The fourth-order valence-corrected chi connectivity index (χ4v) is 2.48. The van der Waals surface area contributed by atoms with Gasteiger partial charge >= 0.3 is 0 Å². The van der Waals surface area contributed by atoms with E-state index in [2.05, 4.69) is 72.0 Å². The zero-order valence-corrected chi connectivity index (χ0v) is 13.5. The van der Waals surface area contributed by atoms with Gasteiger partial charge in [0.15, 0.2) is 24.8 Å². The molecular formula is C19H28N2+2. The van der Waals surface area contributed by atoms with Crippen LogP contribution in [0.2, 0.25) is 0 Å². The molecule has 2 nitrogen and oxygen atoms in total. The predicted octanol–water partition coefficient (Wildman–Crippen LogP) is 3.53. The van der Waals surface area contributed by atoms with Gasteiger partial charge in [0.1, 0.15) is 13.1 Å². The number of unbranched alkanes of at least 4 members (excludes halogenated alkanes) is 4. The predicted molar refractivity (Wildman–Crippen MR) is 85.8 cm³/mol. The van der Waals surface area contributed by atoms with Crippen LogP contribution in [0, 0.1) is 13.8 Å². The van der Waals surface area contributed by atoms with Crippen molar-refractivity contribution in [3.8, 4) is 0 Å². The minimum absolute atomic E-state index is 1.15. The first-order valence-corrected chi connectivity index (χ1v) is 8.15. The first kappa shape index (κ1) is 15.7. The van der Waals surface area contributed by atoms with E-state index < -0.39 is 0 Å². The van der Waals surface area contributed by atoms with Crippen LogP contribution >= 0.6 is 0 Å². The molecule has 0 spiro atoms. The first-order chi connectivity index (χ1) is 10.2. The molecule has 0 amide bonds. The maximum absolute atomic E-state index is 2.29. The van der Waals surface area contributed by atoms with Gasteiger partial charge in [0.25, 0.3) is 0 Å². The van der Waals surface area contributed by atoms with E-state index in [-0.39, 0.29) is 0 Å². The summed E-state index contributed by atoms with van der Waals surface area (Å²) >= 11 is 0. The highest BCUT2D eigenvalue weighted by molar-refractivity contribution is 5.03. The van der Waals surface area contributed by atoms with E-state index in [0.717, 1.165) is 13.1 Å². The molecule has 0 aliphatic rings. The number of aryl methyl sites for hydroxylation is 4. The average Bonchev–Trinajstić information content (AvgIpc) is 2.50. The Morgan fingerprint density at radius 1 is 0.571 bits per heavy atom. The highest BCUT2D eigenvalue weighted by atomic mass is 14.9. The number of pyridine rings is 2. The zero-order valence-electron chi connectivity index (χ0n) is 13.5. The second-order valence-electron chi connectivity index (χ2n) is 5.99. The van der Waals surface area contributed by atoms with Gasteiger partial charge in [0.05, 0.1) is 0 Å². The van der Waals surface area contributed by atoms with Gasteiger partial charge in [-0.25, -0.2) is 9.13 Å². The van der Waals surface area contributed by atoms with E-state index in [1.54, 1.807) is 0 Å². The topological polar surface area (TPSA) is 7.76 Å². The molecular weight excluding hydrogens is 256 g/mol. The summed E-state index contributed by atoms with van der Waals surface area (Å²) in [7, 11) is 0. The molecule has 0 fully saturated rings. The van der Waals surface area contributed by atoms with Crippen LogP contribution in [0.1, 0.15) is 43.2 Å². The summed E-state index contributed by atoms with van der Waals surface area (Å²) in [5.74, 6) is 0. The fraction of sp³-hybridized carbons (Fsp3) is 0.474. The van der Waals surface area contributed by atoms with Gasteiger partial charge in [-0.2, -0.15) is 0 Å². The molecule has 2 rings (SSSR count). The lowest BCUT2D eigenvalue weighted by Crippen LogP contribution is -2.32. The Labute approximate surface area is 129 Å². The Morgan fingerprint density at radius 3 is 1.29 bits per heavy atom. The van der Waals surface area contributed by atoms with Crippen molar-refractivity contribution >= 4 is 0 Å². The SMILES string of the molecule is Cc1cc[n+](CCCCCCC[n+]2ccc(C)cc2)cc1. The van der Waals surface area contributed by atoms with Crippen LogP contribution in [0.4, 0.5) is 0 Å². The maximum atomic E-state index is 2.29. The molecule has 0 N–H and O–H groups in total. The summed E-state index contributed by atoms with van der Waals surface area (Å²) in [6, 6.07) is 8.72. The third-order valence-corrected chi connectivity index (χ3v) is 3.95. The molecule has 0 saturated heterocycles. The van der Waals surface area contributed by atoms with Gasteiger partial charge in [-0.15, -0.1) is 0 Å². The van der Waals surface area contributed by atoms with E-state index in [4.69, 9.17) is 0 Å². The van der Waals surface area contributed by atoms with Gasteiger partial charge in [0, 0.05) is 37.1 Å². The molecule has 21 heavy (non-hydrogen) atoms. The van der Waals surface area contributed by atoms with Crippen molar-refractivity contribution < 1.29 is 9.13 Å². The molecule has 0 saturated carbocycles. The van der Waals surface area contributed by atoms with Crippen LogP contribution in [0.15, 0.2) is 49.1 Å². The standard InChI is InChI=1S/C19H28N2/c1-18-8-14-20(15-9-18)12-6-4-3-5-7-13-21-16-10-19(2)11-17-21/h8-11,14-17H,3-7,12-13H2,1-2H3/q+2. The van der Waals surface area contributed by atoms with Crippen LogP contribution in [0.5, 0.6) is 0 Å². The molecule has 0 bridgehead atoms.